The van der Waals surface area contributed by atoms with Crippen LogP contribution in [0.3, 0.4) is 0 Å². The summed E-state index contributed by atoms with van der Waals surface area (Å²) < 4.78 is 89.8. The van der Waals surface area contributed by atoms with Crippen LogP contribution in [0.25, 0.3) is 33.0 Å². The summed E-state index contributed by atoms with van der Waals surface area (Å²) in [6.07, 6.45) is 5.71. The van der Waals surface area contributed by atoms with E-state index in [1.54, 1.807) is 12.1 Å². The Morgan fingerprint density at radius 1 is 0.913 bits per heavy atom. The van der Waals surface area contributed by atoms with Crippen LogP contribution in [-0.4, -0.2) is 45.0 Å². The third kappa shape index (κ3) is 7.91. The summed E-state index contributed by atoms with van der Waals surface area (Å²) in [4.78, 5) is 3.84. The Morgan fingerprint density at radius 2 is 1.59 bits per heavy atom. The molecule has 1 saturated heterocycles. The molecular weight excluding hydrogens is 623 g/mol. The molecule has 1 aliphatic heterocycles. The molecule has 1 unspecified atom stereocenters. The number of nitrogens with zero attached hydrogens (tertiary/aromatic N) is 1. The van der Waals surface area contributed by atoms with E-state index >= 15 is 0 Å². The monoisotopic (exact) mass is 659 g/mol. The Balaban J connectivity index is 1.46. The van der Waals surface area contributed by atoms with E-state index in [2.05, 4.69) is 9.17 Å². The predicted molar refractivity (Wildman–Crippen MR) is 168 cm³/mol. The highest BCUT2D eigenvalue weighted by Gasteiger charge is 2.48. The second-order valence-corrected chi connectivity index (χ2v) is 12.4. The molecule has 0 aliphatic carbocycles. The molecule has 1 fully saturated rings. The first-order chi connectivity index (χ1) is 22.1. The van der Waals surface area contributed by atoms with Gasteiger partial charge in [0.1, 0.15) is 11.5 Å². The Bertz CT molecular complexity index is 1710. The minimum Gasteiger partial charge on any atom is -0.493 e. The molecule has 0 saturated carbocycles. The molecule has 3 aromatic carbocycles. The smallest absolute Gasteiger partial charge is 0.493 e. The first kappa shape index (κ1) is 33.5. The van der Waals surface area contributed by atoms with Gasteiger partial charge in [0.2, 0.25) is 5.88 Å². The lowest BCUT2D eigenvalue weighted by molar-refractivity contribution is -0.168. The van der Waals surface area contributed by atoms with Gasteiger partial charge in [0.25, 0.3) is 0 Å². The lowest BCUT2D eigenvalue weighted by Gasteiger charge is -2.23. The van der Waals surface area contributed by atoms with Gasteiger partial charge in [-0.25, -0.2) is 4.98 Å². The van der Waals surface area contributed by atoms with Gasteiger partial charge >= 0.3 is 15.6 Å². The van der Waals surface area contributed by atoms with Crippen LogP contribution in [-0.2, 0) is 26.2 Å². The number of hydrogen-bond donors (Lipinski definition) is 0. The number of halogens is 3. The summed E-state index contributed by atoms with van der Waals surface area (Å²) in [6, 6.07) is 18.1. The molecule has 5 rings (SSSR count). The van der Waals surface area contributed by atoms with Crippen molar-refractivity contribution in [3.63, 3.8) is 0 Å². The van der Waals surface area contributed by atoms with Crippen molar-refractivity contribution >= 4 is 20.9 Å². The van der Waals surface area contributed by atoms with Crippen molar-refractivity contribution in [1.29, 1.82) is 0 Å². The molecule has 0 spiro atoms. The highest BCUT2D eigenvalue weighted by Crippen LogP contribution is 2.42. The van der Waals surface area contributed by atoms with Crippen LogP contribution in [0.15, 0.2) is 66.9 Å². The third-order valence-corrected chi connectivity index (χ3v) is 8.28. The van der Waals surface area contributed by atoms with Gasteiger partial charge in [-0.15, -0.1) is 0 Å². The summed E-state index contributed by atoms with van der Waals surface area (Å²) in [5, 5.41) is 1.07. The number of hydrogen-bond acceptors (Lipinski definition) is 8. The number of fused-ring (bicyclic) bond motifs is 1. The van der Waals surface area contributed by atoms with E-state index in [1.165, 1.54) is 6.20 Å². The van der Waals surface area contributed by atoms with Crippen molar-refractivity contribution in [1.82, 2.24) is 4.98 Å². The van der Waals surface area contributed by atoms with Crippen molar-refractivity contribution < 1.29 is 44.7 Å². The minimum absolute atomic E-state index is 0.225. The molecule has 12 heteroatoms. The van der Waals surface area contributed by atoms with E-state index < -0.39 is 21.5 Å². The highest BCUT2D eigenvalue weighted by atomic mass is 32.2. The van der Waals surface area contributed by atoms with E-state index in [1.807, 2.05) is 56.3 Å². The quantitative estimate of drug-likeness (QED) is 0.104. The van der Waals surface area contributed by atoms with Gasteiger partial charge in [-0.05, 0) is 71.9 Å². The third-order valence-electron chi connectivity index (χ3n) is 7.33. The number of pyridine rings is 1. The molecule has 2 heterocycles. The zero-order valence-corrected chi connectivity index (χ0v) is 26.5. The minimum atomic E-state index is -5.84. The molecule has 4 aromatic rings. The standard InChI is InChI=1S/C34H36F3NO7S/c1-3-15-41-29-18-23(22-44-32-10-5-6-17-43-32)19-30(42-16-4-2)33(29)25-13-11-24(12-14-25)27-9-7-8-26-20-31(38-21-28(26)27)45-46(39,40)34(35,36)37/h7-9,11-14,18-21,32H,3-6,10,15-17,22H2,1-2H3. The number of aromatic nitrogens is 1. The van der Waals surface area contributed by atoms with Gasteiger partial charge in [0.15, 0.2) is 6.29 Å². The van der Waals surface area contributed by atoms with Gasteiger partial charge in [-0.3, -0.25) is 0 Å². The van der Waals surface area contributed by atoms with Crippen LogP contribution >= 0.6 is 0 Å². The Morgan fingerprint density at radius 3 is 2.20 bits per heavy atom. The number of alkyl halides is 3. The molecule has 0 bridgehead atoms. The zero-order valence-electron chi connectivity index (χ0n) is 25.6. The molecule has 46 heavy (non-hydrogen) atoms. The first-order valence-electron chi connectivity index (χ1n) is 15.3. The predicted octanol–water partition coefficient (Wildman–Crippen LogP) is 8.42. The van der Waals surface area contributed by atoms with Crippen LogP contribution in [0, 0.1) is 0 Å². The van der Waals surface area contributed by atoms with Crippen molar-refractivity contribution in [2.45, 2.75) is 64.4 Å². The zero-order chi connectivity index (χ0) is 32.7. The summed E-state index contributed by atoms with van der Waals surface area (Å²) >= 11 is 0. The van der Waals surface area contributed by atoms with E-state index in [4.69, 9.17) is 18.9 Å². The summed E-state index contributed by atoms with van der Waals surface area (Å²) in [5.41, 5.74) is -1.38. The Kier molecular flexibility index (Phi) is 10.7. The van der Waals surface area contributed by atoms with Crippen LogP contribution < -0.4 is 13.7 Å². The van der Waals surface area contributed by atoms with E-state index in [9.17, 15) is 21.6 Å². The lowest BCUT2D eigenvalue weighted by atomic mass is 9.96. The second kappa shape index (κ2) is 14.7. The SMILES string of the molecule is CCCOc1cc(COC2CCCCO2)cc(OCCC)c1-c1ccc(-c2cccc3cc(OS(=O)(=O)C(F)(F)F)ncc23)cc1. The van der Waals surface area contributed by atoms with Gasteiger partial charge in [0.05, 0.1) is 25.4 Å². The van der Waals surface area contributed by atoms with Gasteiger partial charge in [-0.2, -0.15) is 21.6 Å². The van der Waals surface area contributed by atoms with Crippen molar-refractivity contribution in [2.75, 3.05) is 19.8 Å². The molecule has 0 N–H and O–H groups in total. The molecule has 1 aromatic heterocycles. The molecule has 8 nitrogen and oxygen atoms in total. The van der Waals surface area contributed by atoms with Gasteiger partial charge in [0, 0.05) is 24.3 Å². The number of rotatable bonds is 13. The Labute approximate surface area is 266 Å². The molecule has 0 radical (unpaired) electrons. The van der Waals surface area contributed by atoms with Gasteiger partial charge in [-0.1, -0.05) is 56.3 Å². The van der Waals surface area contributed by atoms with Gasteiger partial charge < -0.3 is 23.1 Å². The fourth-order valence-electron chi connectivity index (χ4n) is 5.12. The number of ether oxygens (including phenoxy) is 4. The van der Waals surface area contributed by atoms with Crippen LogP contribution in [0.1, 0.15) is 51.5 Å². The van der Waals surface area contributed by atoms with Crippen LogP contribution in [0.2, 0.25) is 0 Å². The maximum Gasteiger partial charge on any atom is 0.534 e. The average Bonchev–Trinajstić information content (AvgIpc) is 3.05. The molecule has 1 atom stereocenters. The van der Waals surface area contributed by atoms with E-state index in [-0.39, 0.29) is 6.29 Å². The van der Waals surface area contributed by atoms with Crippen molar-refractivity contribution in [3.05, 3.63) is 72.4 Å². The average molecular weight is 660 g/mol. The topological polar surface area (TPSA) is 93.2 Å². The molecule has 246 valence electrons. The van der Waals surface area contributed by atoms with Crippen LogP contribution in [0.4, 0.5) is 13.2 Å². The molecule has 1 aliphatic rings. The maximum atomic E-state index is 12.8. The summed E-state index contributed by atoms with van der Waals surface area (Å²) in [7, 11) is -5.84. The van der Waals surface area contributed by atoms with E-state index in [0.29, 0.717) is 48.7 Å². The highest BCUT2D eigenvalue weighted by molar-refractivity contribution is 7.87. The largest absolute Gasteiger partial charge is 0.534 e. The normalized spacial score (nSPS) is 15.5. The lowest BCUT2D eigenvalue weighted by Crippen LogP contribution is -2.28. The molecule has 0 amide bonds. The van der Waals surface area contributed by atoms with Crippen molar-refractivity contribution in [3.8, 4) is 39.6 Å². The first-order valence-corrected chi connectivity index (χ1v) is 16.7. The fraction of sp³-hybridized carbons (Fsp3) is 0.382. The van der Waals surface area contributed by atoms with Crippen LogP contribution in [0.5, 0.6) is 17.4 Å². The second-order valence-electron chi connectivity index (χ2n) is 10.9. The summed E-state index contributed by atoms with van der Waals surface area (Å²) in [5.74, 6) is 0.695. The van der Waals surface area contributed by atoms with Crippen molar-refractivity contribution in [2.24, 2.45) is 0 Å². The maximum absolute atomic E-state index is 12.8. The van der Waals surface area contributed by atoms with E-state index in [0.717, 1.165) is 66.0 Å². The summed E-state index contributed by atoms with van der Waals surface area (Å²) in [6.45, 7) is 6.19. The fourth-order valence-corrected chi connectivity index (χ4v) is 5.53. The Hall–Kier alpha value is -3.87. The molecular formula is C34H36F3NO7S. The number of benzene rings is 3.